The topological polar surface area (TPSA) is 110 Å². The molecule has 1 amide bonds. The zero-order valence-corrected chi connectivity index (χ0v) is 17.3. The Hall–Kier alpha value is -3.89. The molecule has 2 aromatic carbocycles. The first-order valence-electron chi connectivity index (χ1n) is 9.95. The van der Waals surface area contributed by atoms with E-state index in [1.54, 1.807) is 24.3 Å². The summed E-state index contributed by atoms with van der Waals surface area (Å²) in [6, 6.07) is 12.3. The number of carbonyl (C=O) groups excluding carboxylic acids is 2. The van der Waals surface area contributed by atoms with Gasteiger partial charge in [-0.2, -0.15) is 0 Å². The fourth-order valence-electron chi connectivity index (χ4n) is 2.99. The number of hydrogen-bond donors (Lipinski definition) is 2. The number of ether oxygens (including phenoxy) is 2. The average molecular weight is 463 g/mol. The molecule has 0 unspecified atom stereocenters. The van der Waals surface area contributed by atoms with Crippen molar-refractivity contribution in [1.82, 2.24) is 15.3 Å². The molecule has 0 radical (unpaired) electrons. The first-order valence-corrected chi connectivity index (χ1v) is 9.95. The van der Waals surface area contributed by atoms with Gasteiger partial charge < -0.3 is 19.8 Å². The number of esters is 1. The lowest BCUT2D eigenvalue weighted by Crippen LogP contribution is -2.29. The van der Waals surface area contributed by atoms with Crippen LogP contribution in [-0.2, 0) is 27.3 Å². The summed E-state index contributed by atoms with van der Waals surface area (Å²) >= 11 is 0. The van der Waals surface area contributed by atoms with Crippen LogP contribution in [0.2, 0.25) is 0 Å². The Kier molecular flexibility index (Phi) is 7.65. The summed E-state index contributed by atoms with van der Waals surface area (Å²) in [5.41, 5.74) is 0.404. The highest BCUT2D eigenvalue weighted by molar-refractivity contribution is 5.80. The maximum atomic E-state index is 12.4. The number of nitrogens with zero attached hydrogens (tertiary/aromatic N) is 1. The molecule has 3 aromatic rings. The summed E-state index contributed by atoms with van der Waals surface area (Å²) in [5.74, 6) is -1.30. The van der Waals surface area contributed by atoms with Gasteiger partial charge in [-0.25, -0.2) is 4.98 Å². The van der Waals surface area contributed by atoms with Crippen LogP contribution in [0.3, 0.4) is 0 Å². The largest absolute Gasteiger partial charge is 0.573 e. The van der Waals surface area contributed by atoms with E-state index in [0.717, 1.165) is 6.07 Å². The van der Waals surface area contributed by atoms with Crippen LogP contribution in [0.4, 0.5) is 13.2 Å². The number of aromatic amines is 1. The van der Waals surface area contributed by atoms with Gasteiger partial charge in [0.1, 0.15) is 11.6 Å². The maximum absolute atomic E-state index is 12.4. The quantitative estimate of drug-likeness (QED) is 0.472. The number of para-hydroxylation sites is 2. The van der Waals surface area contributed by atoms with Crippen molar-refractivity contribution in [2.45, 2.75) is 32.2 Å². The van der Waals surface area contributed by atoms with Crippen LogP contribution in [0.5, 0.6) is 5.75 Å². The number of hydrogen-bond acceptors (Lipinski definition) is 6. The average Bonchev–Trinajstić information content (AvgIpc) is 2.76. The van der Waals surface area contributed by atoms with Gasteiger partial charge in [0.15, 0.2) is 6.61 Å². The van der Waals surface area contributed by atoms with E-state index in [4.69, 9.17) is 4.74 Å². The third-order valence-electron chi connectivity index (χ3n) is 4.49. The molecule has 33 heavy (non-hydrogen) atoms. The highest BCUT2D eigenvalue weighted by Gasteiger charge is 2.32. The van der Waals surface area contributed by atoms with E-state index < -0.39 is 30.6 Å². The van der Waals surface area contributed by atoms with Gasteiger partial charge in [-0.3, -0.25) is 14.4 Å². The molecule has 3 rings (SSSR count). The van der Waals surface area contributed by atoms with Gasteiger partial charge >= 0.3 is 12.3 Å². The Morgan fingerprint density at radius 2 is 1.79 bits per heavy atom. The molecule has 0 bridgehead atoms. The Bertz CT molecular complexity index is 1190. The molecule has 0 saturated carbocycles. The molecule has 11 heteroatoms. The fourth-order valence-corrected chi connectivity index (χ4v) is 2.99. The summed E-state index contributed by atoms with van der Waals surface area (Å²) in [7, 11) is 0. The van der Waals surface area contributed by atoms with Gasteiger partial charge in [0.2, 0.25) is 0 Å². The second-order valence-corrected chi connectivity index (χ2v) is 6.98. The number of amides is 1. The number of aryl methyl sites for hydroxylation is 1. The first kappa shape index (κ1) is 23.8. The zero-order valence-electron chi connectivity index (χ0n) is 17.3. The number of H-pyrrole nitrogens is 1. The second kappa shape index (κ2) is 10.6. The SMILES string of the molecule is O=C(COC(=O)CCCc1nc2ccccc2c(=O)[nH]1)NCc1ccccc1OC(F)(F)F. The summed E-state index contributed by atoms with van der Waals surface area (Å²) in [4.78, 5) is 42.8. The predicted octanol–water partition coefficient (Wildman–Crippen LogP) is 3.00. The number of rotatable bonds is 9. The monoisotopic (exact) mass is 463 g/mol. The minimum atomic E-state index is -4.86. The van der Waals surface area contributed by atoms with Crippen LogP contribution >= 0.6 is 0 Å². The van der Waals surface area contributed by atoms with Crippen LogP contribution in [-0.4, -0.2) is 34.8 Å². The number of alkyl halides is 3. The molecule has 0 aliphatic rings. The summed E-state index contributed by atoms with van der Waals surface area (Å²) < 4.78 is 46.1. The molecule has 0 saturated heterocycles. The molecule has 0 aliphatic carbocycles. The normalized spacial score (nSPS) is 11.2. The third kappa shape index (κ3) is 7.34. The number of nitrogens with one attached hydrogen (secondary N) is 2. The summed E-state index contributed by atoms with van der Waals surface area (Å²) in [6.45, 7) is -0.810. The zero-order chi connectivity index (χ0) is 23.8. The standard InChI is InChI=1S/C22H20F3N3O5/c23-22(24,25)33-17-9-4-1-6-14(17)12-26-19(29)13-32-20(30)11-5-10-18-27-16-8-3-2-7-15(16)21(31)28-18/h1-4,6-9H,5,10-13H2,(H,26,29)(H,27,28,31). The van der Waals surface area contributed by atoms with Gasteiger partial charge in [0.05, 0.1) is 10.9 Å². The minimum Gasteiger partial charge on any atom is -0.456 e. The first-order chi connectivity index (χ1) is 15.7. The Morgan fingerprint density at radius 3 is 2.58 bits per heavy atom. The number of benzene rings is 2. The molecule has 1 aromatic heterocycles. The minimum absolute atomic E-state index is 0.00786. The molecule has 2 N–H and O–H groups in total. The fraction of sp³-hybridized carbons (Fsp3) is 0.273. The third-order valence-corrected chi connectivity index (χ3v) is 4.49. The maximum Gasteiger partial charge on any atom is 0.573 e. The lowest BCUT2D eigenvalue weighted by Gasteiger charge is -2.13. The number of halogens is 3. The van der Waals surface area contributed by atoms with Crippen LogP contribution in [0.25, 0.3) is 10.9 Å². The van der Waals surface area contributed by atoms with Crippen molar-refractivity contribution in [3.8, 4) is 5.75 Å². The van der Waals surface area contributed by atoms with Crippen LogP contribution < -0.4 is 15.6 Å². The van der Waals surface area contributed by atoms with Gasteiger partial charge in [-0.1, -0.05) is 30.3 Å². The van der Waals surface area contributed by atoms with Gasteiger partial charge in [-0.05, 0) is 24.6 Å². The smallest absolute Gasteiger partial charge is 0.456 e. The van der Waals surface area contributed by atoms with Crippen molar-refractivity contribution in [1.29, 1.82) is 0 Å². The van der Waals surface area contributed by atoms with Crippen molar-refractivity contribution in [2.75, 3.05) is 6.61 Å². The lowest BCUT2D eigenvalue weighted by molar-refractivity contribution is -0.274. The van der Waals surface area contributed by atoms with E-state index >= 15 is 0 Å². The van der Waals surface area contributed by atoms with Crippen LogP contribution in [0, 0.1) is 0 Å². The van der Waals surface area contributed by atoms with E-state index in [-0.39, 0.29) is 24.1 Å². The van der Waals surface area contributed by atoms with Crippen molar-refractivity contribution in [3.63, 3.8) is 0 Å². The second-order valence-electron chi connectivity index (χ2n) is 6.98. The number of aromatic nitrogens is 2. The number of carbonyl (C=O) groups is 2. The molecular weight excluding hydrogens is 443 g/mol. The van der Waals surface area contributed by atoms with Gasteiger partial charge in [0, 0.05) is 24.9 Å². The summed E-state index contributed by atoms with van der Waals surface area (Å²) in [6.07, 6.45) is -4.20. The van der Waals surface area contributed by atoms with Crippen molar-refractivity contribution in [3.05, 3.63) is 70.3 Å². The van der Waals surface area contributed by atoms with Gasteiger partial charge in [-0.15, -0.1) is 13.2 Å². The highest BCUT2D eigenvalue weighted by Crippen LogP contribution is 2.26. The molecule has 0 spiro atoms. The van der Waals surface area contributed by atoms with E-state index in [9.17, 15) is 27.6 Å². The molecule has 174 valence electrons. The molecule has 0 fully saturated rings. The Balaban J connectivity index is 1.41. The van der Waals surface area contributed by atoms with E-state index in [1.165, 1.54) is 18.2 Å². The molecule has 1 heterocycles. The molecule has 0 aliphatic heterocycles. The molecule has 8 nitrogen and oxygen atoms in total. The Morgan fingerprint density at radius 1 is 1.06 bits per heavy atom. The Labute approximate surface area is 185 Å². The van der Waals surface area contributed by atoms with E-state index in [2.05, 4.69) is 20.0 Å². The van der Waals surface area contributed by atoms with Crippen molar-refractivity contribution < 1.29 is 32.2 Å². The van der Waals surface area contributed by atoms with Gasteiger partial charge in [0.25, 0.3) is 11.5 Å². The number of fused-ring (bicyclic) bond motifs is 1. The predicted molar refractivity (Wildman–Crippen MR) is 111 cm³/mol. The van der Waals surface area contributed by atoms with Crippen molar-refractivity contribution in [2.24, 2.45) is 0 Å². The van der Waals surface area contributed by atoms with Crippen LogP contribution in [0.15, 0.2) is 53.3 Å². The van der Waals surface area contributed by atoms with Crippen LogP contribution in [0.1, 0.15) is 24.2 Å². The van der Waals surface area contributed by atoms with E-state index in [0.29, 0.717) is 29.6 Å². The highest BCUT2D eigenvalue weighted by atomic mass is 19.4. The molecule has 0 atom stereocenters. The van der Waals surface area contributed by atoms with E-state index in [1.807, 2.05) is 0 Å². The lowest BCUT2D eigenvalue weighted by atomic mass is 10.2. The molecular formula is C22H20F3N3O5. The summed E-state index contributed by atoms with van der Waals surface area (Å²) in [5, 5.41) is 2.84. The van der Waals surface area contributed by atoms with Crippen molar-refractivity contribution >= 4 is 22.8 Å².